The van der Waals surface area contributed by atoms with Crippen molar-refractivity contribution in [1.29, 1.82) is 0 Å². The third-order valence-corrected chi connectivity index (χ3v) is 8.24. The van der Waals surface area contributed by atoms with Gasteiger partial charge in [0.25, 0.3) is 0 Å². The summed E-state index contributed by atoms with van der Waals surface area (Å²) in [6.07, 6.45) is 12.4. The first kappa shape index (κ1) is 15.9. The van der Waals surface area contributed by atoms with E-state index in [0.29, 0.717) is 35.2 Å². The van der Waals surface area contributed by atoms with Crippen LogP contribution < -0.4 is 0 Å². The first-order valence-electron chi connectivity index (χ1n) is 9.37. The Bertz CT molecular complexity index is 568. The van der Waals surface area contributed by atoms with Crippen LogP contribution in [0.25, 0.3) is 0 Å². The monoisotopic (exact) mass is 332 g/mol. The Morgan fingerprint density at radius 1 is 1.17 bits per heavy atom. The maximum Gasteiger partial charge on any atom is 0.155 e. The molecule has 0 aromatic carbocycles. The summed E-state index contributed by atoms with van der Waals surface area (Å²) in [5.74, 6) is 4.13. The second-order valence-corrected chi connectivity index (χ2v) is 9.11. The summed E-state index contributed by atoms with van der Waals surface area (Å²) in [5.41, 5.74) is 0.121. The van der Waals surface area contributed by atoms with E-state index in [1.54, 1.807) is 0 Å². The first-order chi connectivity index (χ1) is 11.0. The van der Waals surface area contributed by atoms with E-state index in [2.05, 4.69) is 25.6 Å². The summed E-state index contributed by atoms with van der Waals surface area (Å²) in [4.78, 5) is 24.4. The quantitative estimate of drug-likeness (QED) is 0.767. The molecule has 4 aliphatic carbocycles. The van der Waals surface area contributed by atoms with Crippen molar-refractivity contribution >= 4 is 24.2 Å². The topological polar surface area (TPSA) is 34.1 Å². The fourth-order valence-electron chi connectivity index (χ4n) is 6.87. The SMILES string of the molecule is C[C@]12CC[C@@H]3[C@@H](CCC4CC(=O)C=C[C@@]43CCS)[C@@H]1CCC2=O. The Balaban J connectivity index is 1.72. The van der Waals surface area contributed by atoms with E-state index in [1.807, 2.05) is 6.08 Å². The maximum absolute atomic E-state index is 12.5. The van der Waals surface area contributed by atoms with Crippen LogP contribution in [0.3, 0.4) is 0 Å². The van der Waals surface area contributed by atoms with Gasteiger partial charge in [-0.15, -0.1) is 0 Å². The predicted octanol–water partition coefficient (Wildman–Crippen LogP) is 4.24. The highest BCUT2D eigenvalue weighted by atomic mass is 32.1. The molecule has 0 N–H and O–H groups in total. The van der Waals surface area contributed by atoms with Crippen molar-refractivity contribution in [1.82, 2.24) is 0 Å². The number of carbonyl (C=O) groups excluding carboxylic acids is 2. The zero-order valence-electron chi connectivity index (χ0n) is 14.1. The number of thiol groups is 1. The fourth-order valence-corrected chi connectivity index (χ4v) is 7.26. The van der Waals surface area contributed by atoms with Crippen LogP contribution in [0.2, 0.25) is 0 Å². The van der Waals surface area contributed by atoms with Crippen LogP contribution in [0.1, 0.15) is 58.3 Å². The molecule has 0 saturated heterocycles. The summed E-state index contributed by atoms with van der Waals surface area (Å²) in [5, 5.41) is 0. The van der Waals surface area contributed by atoms with Crippen molar-refractivity contribution in [2.45, 2.75) is 58.3 Å². The summed E-state index contributed by atoms with van der Waals surface area (Å²) >= 11 is 4.55. The largest absolute Gasteiger partial charge is 0.299 e. The van der Waals surface area contributed by atoms with Crippen LogP contribution in [0.5, 0.6) is 0 Å². The van der Waals surface area contributed by atoms with Gasteiger partial charge in [0.05, 0.1) is 0 Å². The van der Waals surface area contributed by atoms with E-state index in [-0.39, 0.29) is 10.8 Å². The van der Waals surface area contributed by atoms with E-state index in [0.717, 1.165) is 50.7 Å². The molecule has 3 fully saturated rings. The smallest absolute Gasteiger partial charge is 0.155 e. The van der Waals surface area contributed by atoms with Crippen LogP contribution >= 0.6 is 12.6 Å². The summed E-state index contributed by atoms with van der Waals surface area (Å²) in [6.45, 7) is 2.24. The van der Waals surface area contributed by atoms with Gasteiger partial charge >= 0.3 is 0 Å². The Morgan fingerprint density at radius 2 is 2.00 bits per heavy atom. The predicted molar refractivity (Wildman–Crippen MR) is 94.4 cm³/mol. The highest BCUT2D eigenvalue weighted by Gasteiger charge is 2.60. The molecule has 0 aromatic rings. The van der Waals surface area contributed by atoms with Gasteiger partial charge < -0.3 is 0 Å². The molecule has 4 rings (SSSR count). The van der Waals surface area contributed by atoms with Crippen molar-refractivity contribution in [2.75, 3.05) is 5.75 Å². The van der Waals surface area contributed by atoms with E-state index < -0.39 is 0 Å². The van der Waals surface area contributed by atoms with Gasteiger partial charge in [-0.2, -0.15) is 12.6 Å². The van der Waals surface area contributed by atoms with E-state index >= 15 is 0 Å². The Hall–Kier alpha value is -0.570. The van der Waals surface area contributed by atoms with Crippen LogP contribution in [-0.4, -0.2) is 17.3 Å². The lowest BCUT2D eigenvalue weighted by molar-refractivity contribution is -0.136. The van der Waals surface area contributed by atoms with Gasteiger partial charge in [-0.3, -0.25) is 9.59 Å². The summed E-state index contributed by atoms with van der Waals surface area (Å²) < 4.78 is 0. The minimum absolute atomic E-state index is 0.0512. The van der Waals surface area contributed by atoms with Gasteiger partial charge in [-0.25, -0.2) is 0 Å². The highest BCUT2D eigenvalue weighted by Crippen LogP contribution is 2.65. The third kappa shape index (κ3) is 2.14. The van der Waals surface area contributed by atoms with Gasteiger partial charge in [0.1, 0.15) is 5.78 Å². The second kappa shape index (κ2) is 5.47. The van der Waals surface area contributed by atoms with Crippen molar-refractivity contribution in [3.63, 3.8) is 0 Å². The van der Waals surface area contributed by atoms with E-state index in [4.69, 9.17) is 0 Å². The number of rotatable bonds is 2. The molecule has 1 unspecified atom stereocenters. The molecule has 23 heavy (non-hydrogen) atoms. The molecule has 0 aliphatic heterocycles. The summed E-state index contributed by atoms with van der Waals surface area (Å²) in [6, 6.07) is 0. The third-order valence-electron chi connectivity index (χ3n) is 8.02. The van der Waals surface area contributed by atoms with Gasteiger partial charge in [0, 0.05) is 18.3 Å². The van der Waals surface area contributed by atoms with E-state index in [1.165, 1.54) is 6.42 Å². The molecule has 4 aliphatic rings. The number of carbonyl (C=O) groups is 2. The minimum Gasteiger partial charge on any atom is -0.299 e. The van der Waals surface area contributed by atoms with Gasteiger partial charge in [0.15, 0.2) is 5.78 Å². The lowest BCUT2D eigenvalue weighted by Gasteiger charge is -2.59. The van der Waals surface area contributed by atoms with Crippen LogP contribution in [0.15, 0.2) is 12.2 Å². The van der Waals surface area contributed by atoms with Crippen molar-refractivity contribution in [3.8, 4) is 0 Å². The van der Waals surface area contributed by atoms with Gasteiger partial charge in [0.2, 0.25) is 0 Å². The Kier molecular flexibility index (Phi) is 3.79. The molecule has 0 aromatic heterocycles. The zero-order valence-corrected chi connectivity index (χ0v) is 15.0. The number of hydrogen-bond acceptors (Lipinski definition) is 3. The number of fused-ring (bicyclic) bond motifs is 5. The lowest BCUT2D eigenvalue weighted by Crippen LogP contribution is -2.53. The first-order valence-corrected chi connectivity index (χ1v) is 10.0. The van der Waals surface area contributed by atoms with Crippen LogP contribution in [0.4, 0.5) is 0 Å². The van der Waals surface area contributed by atoms with E-state index in [9.17, 15) is 9.59 Å². The average molecular weight is 333 g/mol. The summed E-state index contributed by atoms with van der Waals surface area (Å²) in [7, 11) is 0. The van der Waals surface area contributed by atoms with Crippen molar-refractivity contribution in [3.05, 3.63) is 12.2 Å². The van der Waals surface area contributed by atoms with Crippen LogP contribution in [-0.2, 0) is 9.59 Å². The average Bonchev–Trinajstić information content (AvgIpc) is 2.84. The molecule has 126 valence electrons. The standard InChI is InChI=1S/C20H28O2S/c1-19-8-7-17-15(16(19)4-5-18(19)22)3-2-13-12-14(21)6-9-20(13,17)10-11-23/h6,9,13,15-17,23H,2-5,7-8,10-12H2,1H3/t13?,15-,16-,17+,19-,20+/m0/s1. The number of ketones is 2. The molecular weight excluding hydrogens is 304 g/mol. The second-order valence-electron chi connectivity index (χ2n) is 8.66. The molecule has 2 nitrogen and oxygen atoms in total. The number of allylic oxidation sites excluding steroid dienone is 2. The maximum atomic E-state index is 12.5. The molecule has 6 atom stereocenters. The van der Waals surface area contributed by atoms with Crippen molar-refractivity contribution < 1.29 is 9.59 Å². The normalized spacial score (nSPS) is 48.8. The molecule has 0 bridgehead atoms. The Morgan fingerprint density at radius 3 is 2.78 bits per heavy atom. The van der Waals surface area contributed by atoms with Gasteiger partial charge in [-0.1, -0.05) is 13.0 Å². The highest BCUT2D eigenvalue weighted by molar-refractivity contribution is 7.80. The minimum atomic E-state index is -0.0512. The molecule has 0 heterocycles. The lowest BCUT2D eigenvalue weighted by atomic mass is 9.45. The Labute approximate surface area is 144 Å². The molecule has 3 saturated carbocycles. The fraction of sp³-hybridized carbons (Fsp3) is 0.800. The van der Waals surface area contributed by atoms with Crippen LogP contribution in [0, 0.1) is 34.5 Å². The molecule has 3 heteroatoms. The molecule has 0 spiro atoms. The molecular formula is C20H28O2S. The number of hydrogen-bond donors (Lipinski definition) is 1. The van der Waals surface area contributed by atoms with Crippen molar-refractivity contribution in [2.24, 2.45) is 34.5 Å². The number of Topliss-reactive ketones (excluding diaryl/α,β-unsaturated/α-hetero) is 1. The molecule has 0 amide bonds. The zero-order chi connectivity index (χ0) is 16.2. The molecule has 0 radical (unpaired) electrons. The van der Waals surface area contributed by atoms with Gasteiger partial charge in [-0.05, 0) is 79.4 Å².